The van der Waals surface area contributed by atoms with Gasteiger partial charge in [-0.1, -0.05) is 0 Å². The number of piperidine rings is 1. The highest BCUT2D eigenvalue weighted by atomic mass is 16.2. The van der Waals surface area contributed by atoms with Crippen molar-refractivity contribution in [3.05, 3.63) is 0 Å². The lowest BCUT2D eigenvalue weighted by Crippen LogP contribution is -2.45. The van der Waals surface area contributed by atoms with Crippen LogP contribution in [0.15, 0.2) is 0 Å². The zero-order valence-corrected chi connectivity index (χ0v) is 12.3. The van der Waals surface area contributed by atoms with E-state index < -0.39 is 0 Å². The van der Waals surface area contributed by atoms with Crippen molar-refractivity contribution < 1.29 is 4.79 Å². The summed E-state index contributed by atoms with van der Waals surface area (Å²) in [6.07, 6.45) is 2.46. The van der Waals surface area contributed by atoms with Gasteiger partial charge >= 0.3 is 0 Å². The van der Waals surface area contributed by atoms with Crippen LogP contribution in [0.5, 0.6) is 0 Å². The molecule has 0 aromatic rings. The largest absolute Gasteiger partial charge is 0.353 e. The molecule has 1 aliphatic heterocycles. The topological polar surface area (TPSA) is 44.4 Å². The second-order valence-corrected chi connectivity index (χ2v) is 5.94. The van der Waals surface area contributed by atoms with E-state index in [4.69, 9.17) is 0 Å². The molecule has 2 N–H and O–H groups in total. The van der Waals surface area contributed by atoms with Crippen LogP contribution in [0.2, 0.25) is 0 Å². The molecule has 1 fully saturated rings. The molecule has 0 spiro atoms. The average molecular weight is 255 g/mol. The molecule has 0 atom stereocenters. The molecular formula is C14H29N3O. The van der Waals surface area contributed by atoms with Gasteiger partial charge in [0.15, 0.2) is 0 Å². The summed E-state index contributed by atoms with van der Waals surface area (Å²) in [5.74, 6) is 0.883. The Balaban J connectivity index is 2.41. The molecule has 0 aromatic heterocycles. The predicted octanol–water partition coefficient (Wildman–Crippen LogP) is 1.22. The Labute approximate surface area is 111 Å². The van der Waals surface area contributed by atoms with Crippen molar-refractivity contribution >= 4 is 5.91 Å². The molecule has 18 heavy (non-hydrogen) atoms. The van der Waals surface area contributed by atoms with E-state index in [0.29, 0.717) is 12.6 Å². The van der Waals surface area contributed by atoms with Crippen molar-refractivity contribution in [1.82, 2.24) is 15.5 Å². The predicted molar refractivity (Wildman–Crippen MR) is 75.6 cm³/mol. The lowest BCUT2D eigenvalue weighted by molar-refractivity contribution is -0.123. The molecule has 0 bridgehead atoms. The Morgan fingerprint density at radius 1 is 1.28 bits per heavy atom. The quantitative estimate of drug-likeness (QED) is 0.750. The van der Waals surface area contributed by atoms with E-state index in [1.165, 1.54) is 12.8 Å². The summed E-state index contributed by atoms with van der Waals surface area (Å²) in [6, 6.07) is 0.656. The number of nitrogens with one attached hydrogen (secondary N) is 2. The zero-order valence-electron chi connectivity index (χ0n) is 12.3. The number of rotatable bonds is 6. The summed E-state index contributed by atoms with van der Waals surface area (Å²) in [7, 11) is 0. The fourth-order valence-electron chi connectivity index (χ4n) is 2.41. The lowest BCUT2D eigenvalue weighted by atomic mass is 9.97. The number of amides is 1. The third-order valence-electron chi connectivity index (χ3n) is 3.48. The normalized spacial score (nSPS) is 17.7. The number of carbonyl (C=O) groups excluding carboxylic acids is 1. The van der Waals surface area contributed by atoms with Gasteiger partial charge in [0.2, 0.25) is 5.91 Å². The van der Waals surface area contributed by atoms with Crippen LogP contribution in [0.25, 0.3) is 0 Å². The summed E-state index contributed by atoms with van der Waals surface area (Å²) >= 11 is 0. The molecule has 0 saturated carbocycles. The SMILES string of the molecule is CC(C)NC(=O)CN(CC1CCNCC1)C(C)C. The fraction of sp³-hybridized carbons (Fsp3) is 0.929. The number of carbonyl (C=O) groups is 1. The van der Waals surface area contributed by atoms with Gasteiger partial charge in [-0.3, -0.25) is 9.69 Å². The van der Waals surface area contributed by atoms with E-state index in [1.54, 1.807) is 0 Å². The highest BCUT2D eigenvalue weighted by molar-refractivity contribution is 5.78. The zero-order chi connectivity index (χ0) is 13.5. The smallest absolute Gasteiger partial charge is 0.234 e. The molecule has 1 aliphatic rings. The molecule has 0 aliphatic carbocycles. The third-order valence-corrected chi connectivity index (χ3v) is 3.48. The Morgan fingerprint density at radius 3 is 2.39 bits per heavy atom. The van der Waals surface area contributed by atoms with Gasteiger partial charge in [0.25, 0.3) is 0 Å². The van der Waals surface area contributed by atoms with Crippen LogP contribution in [0, 0.1) is 5.92 Å². The van der Waals surface area contributed by atoms with E-state index in [1.807, 2.05) is 13.8 Å². The highest BCUT2D eigenvalue weighted by Crippen LogP contribution is 2.14. The van der Waals surface area contributed by atoms with E-state index in [0.717, 1.165) is 25.6 Å². The number of hydrogen-bond donors (Lipinski definition) is 2. The van der Waals surface area contributed by atoms with Gasteiger partial charge in [0, 0.05) is 18.6 Å². The molecule has 1 amide bonds. The van der Waals surface area contributed by atoms with Crippen LogP contribution in [-0.2, 0) is 4.79 Å². The van der Waals surface area contributed by atoms with Crippen molar-refractivity contribution in [3.8, 4) is 0 Å². The van der Waals surface area contributed by atoms with Crippen molar-refractivity contribution in [2.75, 3.05) is 26.2 Å². The van der Waals surface area contributed by atoms with Crippen molar-refractivity contribution in [2.45, 2.75) is 52.6 Å². The molecule has 0 aromatic carbocycles. The summed E-state index contributed by atoms with van der Waals surface area (Å²) in [5.41, 5.74) is 0. The second-order valence-electron chi connectivity index (χ2n) is 5.94. The maximum Gasteiger partial charge on any atom is 0.234 e. The summed E-state index contributed by atoms with van der Waals surface area (Å²) < 4.78 is 0. The maximum absolute atomic E-state index is 11.8. The Morgan fingerprint density at radius 2 is 1.89 bits per heavy atom. The molecule has 106 valence electrons. The first-order valence-electron chi connectivity index (χ1n) is 7.23. The molecule has 1 heterocycles. The molecule has 1 rings (SSSR count). The molecular weight excluding hydrogens is 226 g/mol. The summed E-state index contributed by atoms with van der Waals surface area (Å²) in [5, 5.41) is 6.36. The van der Waals surface area contributed by atoms with E-state index in [-0.39, 0.29) is 11.9 Å². The monoisotopic (exact) mass is 255 g/mol. The van der Waals surface area contributed by atoms with E-state index in [9.17, 15) is 4.79 Å². The Kier molecular flexibility index (Phi) is 6.65. The van der Waals surface area contributed by atoms with Gasteiger partial charge in [-0.25, -0.2) is 0 Å². The van der Waals surface area contributed by atoms with Crippen LogP contribution < -0.4 is 10.6 Å². The van der Waals surface area contributed by atoms with E-state index in [2.05, 4.69) is 29.4 Å². The molecule has 4 heteroatoms. The second kappa shape index (κ2) is 7.74. The van der Waals surface area contributed by atoms with Crippen LogP contribution in [0.4, 0.5) is 0 Å². The minimum Gasteiger partial charge on any atom is -0.353 e. The van der Waals surface area contributed by atoms with Crippen LogP contribution in [-0.4, -0.2) is 49.1 Å². The lowest BCUT2D eigenvalue weighted by Gasteiger charge is -2.32. The summed E-state index contributed by atoms with van der Waals surface area (Å²) in [4.78, 5) is 14.1. The van der Waals surface area contributed by atoms with Crippen LogP contribution in [0.1, 0.15) is 40.5 Å². The minimum absolute atomic E-state index is 0.146. The van der Waals surface area contributed by atoms with Crippen molar-refractivity contribution in [1.29, 1.82) is 0 Å². The molecule has 4 nitrogen and oxygen atoms in total. The van der Waals surface area contributed by atoms with Gasteiger partial charge in [-0.05, 0) is 59.5 Å². The molecule has 1 saturated heterocycles. The molecule has 0 radical (unpaired) electrons. The average Bonchev–Trinajstić information content (AvgIpc) is 2.28. The minimum atomic E-state index is 0.146. The maximum atomic E-state index is 11.8. The molecule has 0 unspecified atom stereocenters. The van der Waals surface area contributed by atoms with Gasteiger partial charge < -0.3 is 10.6 Å². The first kappa shape index (κ1) is 15.4. The first-order chi connectivity index (χ1) is 8.49. The Bertz CT molecular complexity index is 247. The standard InChI is InChI=1S/C14H29N3O/c1-11(2)16-14(18)10-17(12(3)4)9-13-5-7-15-8-6-13/h11-13,15H,5-10H2,1-4H3,(H,16,18). The van der Waals surface area contributed by atoms with Crippen LogP contribution in [0.3, 0.4) is 0 Å². The van der Waals surface area contributed by atoms with Crippen LogP contribution >= 0.6 is 0 Å². The van der Waals surface area contributed by atoms with Crippen molar-refractivity contribution in [3.63, 3.8) is 0 Å². The van der Waals surface area contributed by atoms with Gasteiger partial charge in [-0.15, -0.1) is 0 Å². The van der Waals surface area contributed by atoms with Gasteiger partial charge in [-0.2, -0.15) is 0 Å². The fourth-order valence-corrected chi connectivity index (χ4v) is 2.41. The van der Waals surface area contributed by atoms with E-state index >= 15 is 0 Å². The number of hydrogen-bond acceptors (Lipinski definition) is 3. The van der Waals surface area contributed by atoms with Gasteiger partial charge in [0.1, 0.15) is 0 Å². The highest BCUT2D eigenvalue weighted by Gasteiger charge is 2.20. The Hall–Kier alpha value is -0.610. The number of nitrogens with zero attached hydrogens (tertiary/aromatic N) is 1. The first-order valence-corrected chi connectivity index (χ1v) is 7.23. The van der Waals surface area contributed by atoms with Gasteiger partial charge in [0.05, 0.1) is 6.54 Å². The third kappa shape index (κ3) is 5.83. The summed E-state index contributed by atoms with van der Waals surface area (Å²) in [6.45, 7) is 12.2. The van der Waals surface area contributed by atoms with Crippen molar-refractivity contribution in [2.24, 2.45) is 5.92 Å².